The van der Waals surface area contributed by atoms with Gasteiger partial charge in [0.1, 0.15) is 0 Å². The Bertz CT molecular complexity index is 1050. The second-order valence-corrected chi connectivity index (χ2v) is 11.5. The van der Waals surface area contributed by atoms with Gasteiger partial charge >= 0.3 is 12.1 Å². The van der Waals surface area contributed by atoms with Gasteiger partial charge in [0, 0.05) is 25.2 Å². The van der Waals surface area contributed by atoms with Crippen molar-refractivity contribution >= 4 is 12.1 Å². The topological polar surface area (TPSA) is 102 Å². The molecule has 2 N–H and O–H groups in total. The van der Waals surface area contributed by atoms with Crippen molar-refractivity contribution in [3.8, 4) is 24.7 Å². The molecule has 0 amide bonds. The molecule has 0 saturated heterocycles. The summed E-state index contributed by atoms with van der Waals surface area (Å²) in [6.07, 6.45) is 16.2. The predicted octanol–water partition coefficient (Wildman–Crippen LogP) is 6.95. The highest BCUT2D eigenvalue weighted by Crippen LogP contribution is 2.49. The minimum absolute atomic E-state index is 0.00788. The number of esters is 1. The Morgan fingerprint density at radius 1 is 1.05 bits per heavy atom. The van der Waals surface area contributed by atoms with E-state index in [0.717, 1.165) is 44.1 Å². The standard InChI is InChI=1S/C35H48O7/c1-6-15-26(16-7-2)24-41-35(39)40-20-14-10-11-17-27-21-30(28-18-12-9-13-19-28)31(22-27)33(34(38)42-25(4)5)32(37)23-29(36)8-3/h1-2,8-9,12-13,18-19,25-27,30-33,36-37H,10-11,14-17,20-24H2,3-5H3/t27-,30+,31+,32+,33+/m0/s1. The molecule has 0 spiro atoms. The molecule has 0 unspecified atom stereocenters. The molecule has 1 aromatic rings. The van der Waals surface area contributed by atoms with Crippen LogP contribution in [0.2, 0.25) is 0 Å². The van der Waals surface area contributed by atoms with Crippen molar-refractivity contribution in [1.29, 1.82) is 0 Å². The number of unbranched alkanes of at least 4 members (excludes halogenated alkanes) is 2. The van der Waals surface area contributed by atoms with Gasteiger partial charge in [-0.1, -0.05) is 49.6 Å². The smallest absolute Gasteiger partial charge is 0.508 e. The number of carbonyl (C=O) groups excluding carboxylic acids is 2. The van der Waals surface area contributed by atoms with E-state index in [1.54, 1.807) is 26.8 Å². The zero-order valence-electron chi connectivity index (χ0n) is 25.4. The minimum atomic E-state index is -1.05. The number of carbonyl (C=O) groups is 2. The first-order valence-corrected chi connectivity index (χ1v) is 15.1. The van der Waals surface area contributed by atoms with E-state index in [1.165, 1.54) is 0 Å². The lowest BCUT2D eigenvalue weighted by molar-refractivity contribution is -0.159. The normalized spacial score (nSPS) is 20.0. The van der Waals surface area contributed by atoms with Gasteiger partial charge in [-0.05, 0) is 69.4 Å². The molecule has 0 aliphatic heterocycles. The Balaban J connectivity index is 1.96. The maximum atomic E-state index is 13.3. The van der Waals surface area contributed by atoms with Gasteiger partial charge in [0.05, 0.1) is 37.1 Å². The van der Waals surface area contributed by atoms with Crippen LogP contribution in [0, 0.1) is 48.4 Å². The molecule has 5 atom stereocenters. The van der Waals surface area contributed by atoms with E-state index in [2.05, 4.69) is 24.0 Å². The van der Waals surface area contributed by atoms with Crippen LogP contribution in [0.15, 0.2) is 42.2 Å². The van der Waals surface area contributed by atoms with Gasteiger partial charge in [-0.2, -0.15) is 0 Å². The van der Waals surface area contributed by atoms with Crippen LogP contribution in [-0.2, 0) is 19.0 Å². The third kappa shape index (κ3) is 11.8. The molecule has 0 bridgehead atoms. The van der Waals surface area contributed by atoms with Gasteiger partial charge in [0.2, 0.25) is 0 Å². The Morgan fingerprint density at radius 3 is 2.36 bits per heavy atom. The van der Waals surface area contributed by atoms with Gasteiger partial charge in [-0.3, -0.25) is 4.79 Å². The summed E-state index contributed by atoms with van der Waals surface area (Å²) in [5, 5.41) is 21.3. The maximum Gasteiger partial charge on any atom is 0.508 e. The number of benzene rings is 1. The molecule has 1 aliphatic rings. The highest BCUT2D eigenvalue weighted by atomic mass is 16.7. The zero-order valence-corrected chi connectivity index (χ0v) is 25.4. The van der Waals surface area contributed by atoms with Crippen LogP contribution < -0.4 is 0 Å². The third-order valence-electron chi connectivity index (χ3n) is 7.92. The number of aliphatic hydroxyl groups excluding tert-OH is 2. The fourth-order valence-corrected chi connectivity index (χ4v) is 5.90. The highest BCUT2D eigenvalue weighted by molar-refractivity contribution is 5.74. The molecule has 2 rings (SSSR count). The van der Waals surface area contributed by atoms with Crippen LogP contribution in [0.4, 0.5) is 4.79 Å². The van der Waals surface area contributed by atoms with Crippen molar-refractivity contribution < 1.29 is 34.0 Å². The van der Waals surface area contributed by atoms with Crippen molar-refractivity contribution in [2.24, 2.45) is 23.7 Å². The second kappa shape index (κ2) is 18.9. The fraction of sp³-hybridized carbons (Fsp3) is 0.600. The minimum Gasteiger partial charge on any atom is -0.513 e. The van der Waals surface area contributed by atoms with Gasteiger partial charge in [0.25, 0.3) is 0 Å². The van der Waals surface area contributed by atoms with Crippen LogP contribution in [0.25, 0.3) is 0 Å². The molecule has 230 valence electrons. The van der Waals surface area contributed by atoms with Crippen LogP contribution in [0.1, 0.15) is 90.0 Å². The van der Waals surface area contributed by atoms with E-state index in [9.17, 15) is 19.8 Å². The Kier molecular flexibility index (Phi) is 15.7. The Hall–Kier alpha value is -3.42. The zero-order chi connectivity index (χ0) is 30.9. The van der Waals surface area contributed by atoms with Crippen LogP contribution >= 0.6 is 0 Å². The molecular weight excluding hydrogens is 532 g/mol. The first-order chi connectivity index (χ1) is 20.2. The summed E-state index contributed by atoms with van der Waals surface area (Å²) < 4.78 is 16.0. The molecule has 1 aliphatic carbocycles. The summed E-state index contributed by atoms with van der Waals surface area (Å²) in [7, 11) is 0. The molecule has 7 nitrogen and oxygen atoms in total. The number of hydrogen-bond donors (Lipinski definition) is 2. The van der Waals surface area contributed by atoms with Crippen molar-refractivity contribution in [3.05, 3.63) is 47.7 Å². The predicted molar refractivity (Wildman–Crippen MR) is 163 cm³/mol. The molecule has 42 heavy (non-hydrogen) atoms. The highest BCUT2D eigenvalue weighted by Gasteiger charge is 2.46. The number of ether oxygens (including phenoxy) is 3. The number of rotatable bonds is 17. The molecule has 1 saturated carbocycles. The summed E-state index contributed by atoms with van der Waals surface area (Å²) in [4.78, 5) is 25.2. The fourth-order valence-electron chi connectivity index (χ4n) is 5.90. The SMILES string of the molecule is C#CCC(CC#C)COC(=O)OCCCCC[C@@H]1C[C@@H]([C@@H](C(=O)OC(C)C)[C@H](O)CC(O)=CC)[C@@H](c2ccccc2)C1. The van der Waals surface area contributed by atoms with E-state index in [-0.39, 0.29) is 49.3 Å². The summed E-state index contributed by atoms with van der Waals surface area (Å²) >= 11 is 0. The van der Waals surface area contributed by atoms with Gasteiger partial charge < -0.3 is 24.4 Å². The average molecular weight is 581 g/mol. The second-order valence-electron chi connectivity index (χ2n) is 11.5. The largest absolute Gasteiger partial charge is 0.513 e. The quantitative estimate of drug-likeness (QED) is 0.0889. The first kappa shape index (κ1) is 34.8. The molecule has 0 heterocycles. The monoisotopic (exact) mass is 580 g/mol. The lowest BCUT2D eigenvalue weighted by Crippen LogP contribution is -2.38. The number of allylic oxidation sites excluding steroid dienone is 1. The first-order valence-electron chi connectivity index (χ1n) is 15.1. The molecule has 1 aromatic carbocycles. The maximum absolute atomic E-state index is 13.3. The summed E-state index contributed by atoms with van der Waals surface area (Å²) in [6.45, 7) is 5.73. The van der Waals surface area contributed by atoms with E-state index in [1.807, 2.05) is 18.2 Å². The van der Waals surface area contributed by atoms with Crippen molar-refractivity contribution in [1.82, 2.24) is 0 Å². The van der Waals surface area contributed by atoms with Crippen molar-refractivity contribution in [3.63, 3.8) is 0 Å². The lowest BCUT2D eigenvalue weighted by atomic mass is 9.76. The van der Waals surface area contributed by atoms with Crippen molar-refractivity contribution in [2.45, 2.75) is 96.7 Å². The van der Waals surface area contributed by atoms with Crippen LogP contribution in [0.5, 0.6) is 0 Å². The average Bonchev–Trinajstić information content (AvgIpc) is 3.37. The van der Waals surface area contributed by atoms with Crippen LogP contribution in [-0.4, -0.2) is 47.8 Å². The molecule has 0 radical (unpaired) electrons. The molecule has 0 aromatic heterocycles. The van der Waals surface area contributed by atoms with Gasteiger partial charge in [-0.15, -0.1) is 24.7 Å². The third-order valence-corrected chi connectivity index (χ3v) is 7.92. The lowest BCUT2D eigenvalue weighted by Gasteiger charge is -2.31. The number of aliphatic hydroxyl groups is 2. The van der Waals surface area contributed by atoms with E-state index >= 15 is 0 Å². The molecular formula is C35H48O7. The summed E-state index contributed by atoms with van der Waals surface area (Å²) in [5.74, 6) is 4.25. The van der Waals surface area contributed by atoms with Gasteiger partial charge in [0.15, 0.2) is 0 Å². The number of terminal acetylenes is 2. The van der Waals surface area contributed by atoms with Gasteiger partial charge in [-0.25, -0.2) is 4.79 Å². The Morgan fingerprint density at radius 2 is 1.74 bits per heavy atom. The Labute approximate surface area is 252 Å². The van der Waals surface area contributed by atoms with E-state index < -0.39 is 24.1 Å². The summed E-state index contributed by atoms with van der Waals surface area (Å²) in [6, 6.07) is 10.1. The molecule has 7 heteroatoms. The van der Waals surface area contributed by atoms with Crippen molar-refractivity contribution in [2.75, 3.05) is 13.2 Å². The van der Waals surface area contributed by atoms with E-state index in [4.69, 9.17) is 27.1 Å². The van der Waals surface area contributed by atoms with E-state index in [0.29, 0.717) is 18.8 Å². The number of hydrogen-bond acceptors (Lipinski definition) is 7. The summed E-state index contributed by atoms with van der Waals surface area (Å²) in [5.41, 5.74) is 1.15. The molecule has 1 fully saturated rings. The van der Waals surface area contributed by atoms with Crippen LogP contribution in [0.3, 0.4) is 0 Å².